The predicted octanol–water partition coefficient (Wildman–Crippen LogP) is 2.12. The van der Waals surface area contributed by atoms with Crippen LogP contribution in [0.3, 0.4) is 0 Å². The quantitative estimate of drug-likeness (QED) is 0.760. The highest BCUT2D eigenvalue weighted by molar-refractivity contribution is 7.13. The fraction of sp³-hybridized carbons (Fsp3) is 0.500. The number of carbonyl (C=O) groups excluding carboxylic acids is 2. The molecule has 0 bridgehead atoms. The van der Waals surface area contributed by atoms with E-state index in [2.05, 4.69) is 10.3 Å². The first kappa shape index (κ1) is 21.0. The van der Waals surface area contributed by atoms with Gasteiger partial charge in [0.1, 0.15) is 6.04 Å². The molecule has 3 heterocycles. The fourth-order valence-electron chi connectivity index (χ4n) is 4.14. The van der Waals surface area contributed by atoms with Gasteiger partial charge < -0.3 is 20.1 Å². The van der Waals surface area contributed by atoms with Gasteiger partial charge in [0.25, 0.3) is 0 Å². The van der Waals surface area contributed by atoms with Crippen molar-refractivity contribution in [2.45, 2.75) is 44.9 Å². The molecule has 2 amide bonds. The van der Waals surface area contributed by atoms with Gasteiger partial charge in [-0.1, -0.05) is 24.3 Å². The summed E-state index contributed by atoms with van der Waals surface area (Å²) in [6, 6.07) is 7.42. The average Bonchev–Trinajstić information content (AvgIpc) is 3.38. The molecule has 30 heavy (non-hydrogen) atoms. The molecule has 2 aliphatic rings. The number of β-amino-alcohol motifs (C(OH)–C–C–N with tert-alkyl or cyclic N) is 1. The maximum atomic E-state index is 12.9. The number of aliphatic hydroxyl groups is 1. The molecule has 2 atom stereocenters. The van der Waals surface area contributed by atoms with Crippen molar-refractivity contribution in [2.24, 2.45) is 5.92 Å². The Morgan fingerprint density at radius 1 is 1.27 bits per heavy atom. The van der Waals surface area contributed by atoms with Crippen molar-refractivity contribution in [1.29, 1.82) is 0 Å². The molecule has 0 radical (unpaired) electrons. The summed E-state index contributed by atoms with van der Waals surface area (Å²) >= 11 is 1.61. The highest BCUT2D eigenvalue weighted by Gasteiger charge is 2.41. The number of aryl methyl sites for hydroxylation is 1. The number of likely N-dealkylation sites (tertiary alicyclic amines) is 1. The van der Waals surface area contributed by atoms with Crippen LogP contribution in [-0.2, 0) is 20.9 Å². The van der Waals surface area contributed by atoms with Crippen molar-refractivity contribution in [1.82, 2.24) is 15.2 Å². The third-order valence-corrected chi connectivity index (χ3v) is 6.84. The van der Waals surface area contributed by atoms with Crippen LogP contribution in [0.15, 0.2) is 29.8 Å². The van der Waals surface area contributed by atoms with Crippen LogP contribution in [0.4, 0.5) is 0 Å². The molecule has 0 saturated carbocycles. The SMILES string of the molecule is Cc1ncsc1-c1ccc(CNC(=O)[C@@H]2C[C@@H](O)CN2C(=O)C2CCOCC2)cc1. The molecule has 2 N–H and O–H groups in total. The molecule has 7 nitrogen and oxygen atoms in total. The molecule has 2 saturated heterocycles. The van der Waals surface area contributed by atoms with E-state index in [0.717, 1.165) is 21.7 Å². The molecule has 2 aliphatic heterocycles. The number of thiazole rings is 1. The zero-order valence-electron chi connectivity index (χ0n) is 17.0. The van der Waals surface area contributed by atoms with E-state index in [0.29, 0.717) is 32.6 Å². The first-order valence-corrected chi connectivity index (χ1v) is 11.2. The number of aromatic nitrogens is 1. The second-order valence-electron chi connectivity index (χ2n) is 7.96. The molecule has 2 aromatic rings. The summed E-state index contributed by atoms with van der Waals surface area (Å²) in [6.07, 6.45) is 0.965. The van der Waals surface area contributed by atoms with Crippen LogP contribution in [0, 0.1) is 12.8 Å². The van der Waals surface area contributed by atoms with Crippen LogP contribution in [-0.4, -0.2) is 58.7 Å². The van der Waals surface area contributed by atoms with Gasteiger partial charge in [0, 0.05) is 38.6 Å². The lowest BCUT2D eigenvalue weighted by atomic mass is 9.98. The average molecular weight is 430 g/mol. The van der Waals surface area contributed by atoms with Gasteiger partial charge in [0.05, 0.1) is 22.2 Å². The molecule has 8 heteroatoms. The maximum Gasteiger partial charge on any atom is 0.243 e. The molecule has 4 rings (SSSR count). The number of benzene rings is 1. The van der Waals surface area contributed by atoms with Gasteiger partial charge in [-0.2, -0.15) is 0 Å². The van der Waals surface area contributed by atoms with Crippen molar-refractivity contribution in [3.8, 4) is 10.4 Å². The monoisotopic (exact) mass is 429 g/mol. The van der Waals surface area contributed by atoms with Gasteiger partial charge in [0.15, 0.2) is 0 Å². The number of ether oxygens (including phenoxy) is 1. The van der Waals surface area contributed by atoms with E-state index in [1.54, 1.807) is 16.2 Å². The van der Waals surface area contributed by atoms with Crippen molar-refractivity contribution in [2.75, 3.05) is 19.8 Å². The number of hydrogen-bond acceptors (Lipinski definition) is 6. The Morgan fingerprint density at radius 3 is 2.67 bits per heavy atom. The van der Waals surface area contributed by atoms with Gasteiger partial charge in [0.2, 0.25) is 11.8 Å². The zero-order chi connectivity index (χ0) is 21.1. The lowest BCUT2D eigenvalue weighted by Crippen LogP contribution is -2.48. The number of nitrogens with one attached hydrogen (secondary N) is 1. The Balaban J connectivity index is 1.36. The molecular formula is C22H27N3O4S. The van der Waals surface area contributed by atoms with Crippen molar-refractivity contribution in [3.63, 3.8) is 0 Å². The molecule has 1 aromatic heterocycles. The number of amides is 2. The third-order valence-electron chi connectivity index (χ3n) is 5.86. The van der Waals surface area contributed by atoms with Crippen LogP contribution >= 0.6 is 11.3 Å². The molecule has 2 fully saturated rings. The van der Waals surface area contributed by atoms with Gasteiger partial charge >= 0.3 is 0 Å². The summed E-state index contributed by atoms with van der Waals surface area (Å²) < 4.78 is 5.33. The first-order valence-electron chi connectivity index (χ1n) is 10.4. The van der Waals surface area contributed by atoms with E-state index in [-0.39, 0.29) is 30.7 Å². The second-order valence-corrected chi connectivity index (χ2v) is 8.82. The number of aliphatic hydroxyl groups excluding tert-OH is 1. The fourth-order valence-corrected chi connectivity index (χ4v) is 4.96. The van der Waals surface area contributed by atoms with E-state index in [1.807, 2.05) is 36.7 Å². The van der Waals surface area contributed by atoms with Gasteiger partial charge in [-0.3, -0.25) is 9.59 Å². The van der Waals surface area contributed by atoms with Crippen LogP contribution in [0.25, 0.3) is 10.4 Å². The van der Waals surface area contributed by atoms with Crippen LogP contribution in [0.5, 0.6) is 0 Å². The summed E-state index contributed by atoms with van der Waals surface area (Å²) in [5.41, 5.74) is 4.94. The van der Waals surface area contributed by atoms with Gasteiger partial charge in [-0.05, 0) is 30.9 Å². The number of carbonyl (C=O) groups is 2. The van der Waals surface area contributed by atoms with Crippen LogP contribution in [0.1, 0.15) is 30.5 Å². The Bertz CT molecular complexity index is 892. The number of hydrogen-bond donors (Lipinski definition) is 2. The summed E-state index contributed by atoms with van der Waals surface area (Å²) in [5, 5.41) is 13.0. The highest BCUT2D eigenvalue weighted by atomic mass is 32.1. The van der Waals surface area contributed by atoms with Gasteiger partial charge in [-0.25, -0.2) is 4.98 Å². The van der Waals surface area contributed by atoms with Crippen molar-refractivity contribution >= 4 is 23.2 Å². The number of nitrogens with zero attached hydrogens (tertiary/aromatic N) is 2. The zero-order valence-corrected chi connectivity index (χ0v) is 17.9. The van der Waals surface area contributed by atoms with Crippen LogP contribution in [0.2, 0.25) is 0 Å². The summed E-state index contributed by atoms with van der Waals surface area (Å²) in [6.45, 7) is 3.73. The smallest absolute Gasteiger partial charge is 0.243 e. The maximum absolute atomic E-state index is 12.9. The lowest BCUT2D eigenvalue weighted by Gasteiger charge is -2.29. The molecular weight excluding hydrogens is 402 g/mol. The summed E-state index contributed by atoms with van der Waals surface area (Å²) in [5.74, 6) is -0.379. The van der Waals surface area contributed by atoms with Crippen LogP contribution < -0.4 is 5.32 Å². The number of rotatable bonds is 5. The molecule has 160 valence electrons. The summed E-state index contributed by atoms with van der Waals surface area (Å²) in [4.78, 5) is 32.7. The third kappa shape index (κ3) is 4.55. The van der Waals surface area contributed by atoms with Crippen molar-refractivity contribution < 1.29 is 19.4 Å². The molecule has 1 aromatic carbocycles. The minimum Gasteiger partial charge on any atom is -0.391 e. The highest BCUT2D eigenvalue weighted by Crippen LogP contribution is 2.27. The van der Waals surface area contributed by atoms with E-state index >= 15 is 0 Å². The largest absolute Gasteiger partial charge is 0.391 e. The molecule has 0 spiro atoms. The topological polar surface area (TPSA) is 91.8 Å². The Morgan fingerprint density at radius 2 is 2.00 bits per heavy atom. The van der Waals surface area contributed by atoms with Crippen molar-refractivity contribution in [3.05, 3.63) is 41.0 Å². The first-order chi connectivity index (χ1) is 14.5. The van der Waals surface area contributed by atoms with E-state index in [9.17, 15) is 14.7 Å². The minimum absolute atomic E-state index is 0.0423. The second kappa shape index (κ2) is 9.24. The minimum atomic E-state index is -0.661. The standard InChI is InChI=1S/C22H27N3O4S/c1-14-20(30-13-24-14)16-4-2-15(3-5-16)11-23-21(27)19-10-18(26)12-25(19)22(28)17-6-8-29-9-7-17/h2-5,13,17-19,26H,6-12H2,1H3,(H,23,27)/t18-,19+/m1/s1. The molecule has 0 aliphatic carbocycles. The Hall–Kier alpha value is -2.29. The normalized spacial score (nSPS) is 22.3. The van der Waals surface area contributed by atoms with E-state index < -0.39 is 12.1 Å². The van der Waals surface area contributed by atoms with E-state index in [4.69, 9.17) is 4.74 Å². The Labute approximate surface area is 180 Å². The van der Waals surface area contributed by atoms with Gasteiger partial charge in [-0.15, -0.1) is 11.3 Å². The Kier molecular flexibility index (Phi) is 6.46. The lowest BCUT2D eigenvalue weighted by molar-refractivity contribution is -0.144. The summed E-state index contributed by atoms with van der Waals surface area (Å²) in [7, 11) is 0. The van der Waals surface area contributed by atoms with E-state index in [1.165, 1.54) is 0 Å². The molecule has 0 unspecified atom stereocenters. The predicted molar refractivity (Wildman–Crippen MR) is 114 cm³/mol.